The second-order valence-corrected chi connectivity index (χ2v) is 8.98. The highest BCUT2D eigenvalue weighted by Gasteiger charge is 2.42. The Hall–Kier alpha value is -2.78. The Morgan fingerprint density at radius 2 is 1.91 bits per heavy atom. The highest BCUT2D eigenvalue weighted by molar-refractivity contribution is 5.85. The van der Waals surface area contributed by atoms with Crippen LogP contribution < -0.4 is 15.4 Å². The third kappa shape index (κ3) is 5.73. The van der Waals surface area contributed by atoms with Crippen molar-refractivity contribution < 1.29 is 22.3 Å². The molecular formula is C26H32F4N4O. The number of hydrogen-bond acceptors (Lipinski definition) is 4. The molecule has 0 spiro atoms. The van der Waals surface area contributed by atoms with Crippen LogP contribution in [0, 0.1) is 0 Å². The summed E-state index contributed by atoms with van der Waals surface area (Å²) in [6.45, 7) is 2.32. The van der Waals surface area contributed by atoms with Crippen LogP contribution in [0.3, 0.4) is 0 Å². The minimum atomic E-state index is -4.34. The predicted molar refractivity (Wildman–Crippen MR) is 131 cm³/mol. The Morgan fingerprint density at radius 3 is 2.66 bits per heavy atom. The van der Waals surface area contributed by atoms with E-state index in [-0.39, 0.29) is 12.7 Å². The molecular weight excluding hydrogens is 460 g/mol. The molecule has 9 heteroatoms. The zero-order chi connectivity index (χ0) is 25.0. The summed E-state index contributed by atoms with van der Waals surface area (Å²) in [7, 11) is 1.53. The van der Waals surface area contributed by atoms with E-state index in [1.807, 2.05) is 43.3 Å². The number of hydrogen-bond donors (Lipinski definition) is 3. The molecule has 1 aromatic heterocycles. The number of H-pyrrole nitrogens is 1. The summed E-state index contributed by atoms with van der Waals surface area (Å²) in [5, 5.41) is 7.51. The van der Waals surface area contributed by atoms with Crippen molar-refractivity contribution in [2.24, 2.45) is 0 Å². The number of para-hydroxylation sites is 1. The number of methoxy groups -OCH3 is 1. The minimum Gasteiger partial charge on any atom is -0.496 e. The average molecular weight is 493 g/mol. The maximum atomic E-state index is 13.7. The molecule has 0 bridgehead atoms. The molecule has 3 N–H and O–H groups in total. The molecule has 5 nitrogen and oxygen atoms in total. The zero-order valence-electron chi connectivity index (χ0n) is 20.0. The van der Waals surface area contributed by atoms with Crippen molar-refractivity contribution in [3.63, 3.8) is 0 Å². The summed E-state index contributed by atoms with van der Waals surface area (Å²) in [4.78, 5) is 4.93. The van der Waals surface area contributed by atoms with Gasteiger partial charge in [-0.15, -0.1) is 0 Å². The van der Waals surface area contributed by atoms with Crippen LogP contribution in [0.2, 0.25) is 0 Å². The molecule has 0 radical (unpaired) electrons. The molecule has 0 fully saturated rings. The standard InChI is InChI=1S/C26H32F4N4O/c1-17-14-20-19-6-3-4-7-22(19)33-24(20)25(34(17)16-26(28,29)30)21-15-18(8-9-23(21)35-2)32-13-12-31-11-5-10-27/h3-4,6-9,15,17,25,31-33H,5,10-14,16H2,1-2H3/t17-,25?/m1/s1. The van der Waals surface area contributed by atoms with Gasteiger partial charge in [0.25, 0.3) is 0 Å². The van der Waals surface area contributed by atoms with E-state index in [0.29, 0.717) is 43.8 Å². The quantitative estimate of drug-likeness (QED) is 0.261. The van der Waals surface area contributed by atoms with Gasteiger partial charge in [0.15, 0.2) is 0 Å². The summed E-state index contributed by atoms with van der Waals surface area (Å²) in [5.41, 5.74) is 4.20. The lowest BCUT2D eigenvalue weighted by Crippen LogP contribution is -2.47. The van der Waals surface area contributed by atoms with Gasteiger partial charge >= 0.3 is 6.18 Å². The topological polar surface area (TPSA) is 52.3 Å². The summed E-state index contributed by atoms with van der Waals surface area (Å²) in [6, 6.07) is 12.4. The molecule has 1 unspecified atom stereocenters. The Bertz CT molecular complexity index is 1130. The molecule has 0 saturated carbocycles. The lowest BCUT2D eigenvalue weighted by Gasteiger charge is -2.41. The van der Waals surface area contributed by atoms with Gasteiger partial charge in [-0.3, -0.25) is 9.29 Å². The second kappa shape index (κ2) is 10.9. The van der Waals surface area contributed by atoms with E-state index in [0.717, 1.165) is 27.8 Å². The third-order valence-corrected chi connectivity index (χ3v) is 6.52. The van der Waals surface area contributed by atoms with Gasteiger partial charge in [-0.05, 0) is 56.1 Å². The molecule has 4 rings (SSSR count). The third-order valence-electron chi connectivity index (χ3n) is 6.52. The van der Waals surface area contributed by atoms with E-state index in [9.17, 15) is 17.6 Å². The maximum Gasteiger partial charge on any atom is 0.401 e. The van der Waals surface area contributed by atoms with Gasteiger partial charge in [-0.1, -0.05) is 18.2 Å². The molecule has 2 atom stereocenters. The predicted octanol–water partition coefficient (Wildman–Crippen LogP) is 5.44. The van der Waals surface area contributed by atoms with Crippen LogP contribution in [-0.2, 0) is 6.42 Å². The van der Waals surface area contributed by atoms with Gasteiger partial charge in [-0.25, -0.2) is 0 Å². The molecule has 3 aromatic rings. The number of ether oxygens (including phenoxy) is 1. The van der Waals surface area contributed by atoms with Crippen molar-refractivity contribution >= 4 is 16.6 Å². The van der Waals surface area contributed by atoms with Crippen molar-refractivity contribution in [1.82, 2.24) is 15.2 Å². The number of aromatic amines is 1. The summed E-state index contributed by atoms with van der Waals surface area (Å²) in [6.07, 6.45) is -3.35. The van der Waals surface area contributed by atoms with Crippen LogP contribution in [0.5, 0.6) is 5.75 Å². The summed E-state index contributed by atoms with van der Waals surface area (Å²) >= 11 is 0. The fourth-order valence-electron chi connectivity index (χ4n) is 4.97. The van der Waals surface area contributed by atoms with Crippen molar-refractivity contribution in [1.29, 1.82) is 0 Å². The van der Waals surface area contributed by atoms with Gasteiger partial charge in [0.1, 0.15) is 5.75 Å². The van der Waals surface area contributed by atoms with E-state index in [1.165, 1.54) is 12.0 Å². The Balaban J connectivity index is 1.72. The number of rotatable bonds is 10. The normalized spacial score (nSPS) is 18.6. The molecule has 2 aromatic carbocycles. The first-order valence-corrected chi connectivity index (χ1v) is 11.9. The van der Waals surface area contributed by atoms with E-state index in [1.54, 1.807) is 6.07 Å². The Morgan fingerprint density at radius 1 is 1.11 bits per heavy atom. The number of aromatic nitrogens is 1. The molecule has 1 aliphatic rings. The number of nitrogens with one attached hydrogen (secondary N) is 3. The maximum absolute atomic E-state index is 13.7. The minimum absolute atomic E-state index is 0.325. The average Bonchev–Trinajstić information content (AvgIpc) is 3.19. The monoisotopic (exact) mass is 492 g/mol. The number of halogens is 4. The molecule has 0 saturated heterocycles. The van der Waals surface area contributed by atoms with Crippen LogP contribution in [0.1, 0.15) is 36.2 Å². The van der Waals surface area contributed by atoms with Gasteiger partial charge < -0.3 is 20.4 Å². The Labute approximate surface area is 202 Å². The first-order valence-electron chi connectivity index (χ1n) is 11.9. The highest BCUT2D eigenvalue weighted by Crippen LogP contribution is 2.45. The summed E-state index contributed by atoms with van der Waals surface area (Å²) < 4.78 is 59.0. The second-order valence-electron chi connectivity index (χ2n) is 8.98. The number of nitrogens with zero attached hydrogens (tertiary/aromatic N) is 1. The van der Waals surface area contributed by atoms with Crippen LogP contribution >= 0.6 is 0 Å². The number of anilines is 1. The van der Waals surface area contributed by atoms with Crippen LogP contribution in [0.15, 0.2) is 42.5 Å². The fraction of sp³-hybridized carbons (Fsp3) is 0.462. The smallest absolute Gasteiger partial charge is 0.401 e. The number of alkyl halides is 4. The van der Waals surface area contributed by atoms with Crippen molar-refractivity contribution in [3.8, 4) is 5.75 Å². The lowest BCUT2D eigenvalue weighted by atomic mass is 9.88. The highest BCUT2D eigenvalue weighted by atomic mass is 19.4. The van der Waals surface area contributed by atoms with E-state index >= 15 is 0 Å². The molecule has 35 heavy (non-hydrogen) atoms. The lowest BCUT2D eigenvalue weighted by molar-refractivity contribution is -0.155. The molecule has 0 amide bonds. The van der Waals surface area contributed by atoms with Gasteiger partial charge in [0, 0.05) is 47.0 Å². The van der Waals surface area contributed by atoms with Crippen LogP contribution in [0.4, 0.5) is 23.2 Å². The fourth-order valence-corrected chi connectivity index (χ4v) is 4.97. The SMILES string of the molecule is COc1ccc(NCCNCCCF)cc1C1c2[nH]c3ccccc3c2C[C@@H](C)N1CC(F)(F)F. The number of fused-ring (bicyclic) bond motifs is 3. The van der Waals surface area contributed by atoms with Gasteiger partial charge in [-0.2, -0.15) is 13.2 Å². The molecule has 190 valence electrons. The first kappa shape index (κ1) is 25.3. The largest absolute Gasteiger partial charge is 0.496 e. The van der Waals surface area contributed by atoms with Crippen LogP contribution in [0.25, 0.3) is 10.9 Å². The first-order chi connectivity index (χ1) is 16.8. The van der Waals surface area contributed by atoms with Crippen LogP contribution in [-0.4, -0.2) is 62.1 Å². The zero-order valence-corrected chi connectivity index (χ0v) is 20.0. The van der Waals surface area contributed by atoms with E-state index < -0.39 is 18.8 Å². The van der Waals surface area contributed by atoms with Gasteiger partial charge in [0.2, 0.25) is 0 Å². The van der Waals surface area contributed by atoms with E-state index in [4.69, 9.17) is 4.74 Å². The van der Waals surface area contributed by atoms with Crippen molar-refractivity contribution in [3.05, 3.63) is 59.3 Å². The van der Waals surface area contributed by atoms with E-state index in [2.05, 4.69) is 15.6 Å². The molecule has 1 aliphatic heterocycles. The van der Waals surface area contributed by atoms with Crippen molar-refractivity contribution in [2.75, 3.05) is 45.3 Å². The number of benzene rings is 2. The Kier molecular flexibility index (Phi) is 7.86. The molecule has 2 heterocycles. The summed E-state index contributed by atoms with van der Waals surface area (Å²) in [5.74, 6) is 0.535. The van der Waals surface area contributed by atoms with Gasteiger partial charge in [0.05, 0.1) is 26.4 Å². The molecule has 0 aliphatic carbocycles. The van der Waals surface area contributed by atoms with Crippen molar-refractivity contribution in [2.45, 2.75) is 38.0 Å².